The van der Waals surface area contributed by atoms with E-state index in [2.05, 4.69) is 10.2 Å². The van der Waals surface area contributed by atoms with E-state index in [1.165, 1.54) is 7.11 Å². The Balaban J connectivity index is 2.73. The van der Waals surface area contributed by atoms with E-state index in [1.54, 1.807) is 4.57 Å². The maximum atomic E-state index is 12.1. The topological polar surface area (TPSA) is 39.9 Å². The average molecular weight is 272 g/mol. The molecule has 0 saturated carbocycles. The Kier molecular flexibility index (Phi) is 5.20. The molecule has 8 heteroatoms. The molecule has 0 aliphatic rings. The predicted molar refractivity (Wildman–Crippen MR) is 55.8 cm³/mol. The van der Waals surface area contributed by atoms with Gasteiger partial charge in [0.1, 0.15) is 11.6 Å². The van der Waals surface area contributed by atoms with Gasteiger partial charge in [-0.1, -0.05) is 0 Å². The molecule has 4 nitrogen and oxygen atoms in total. The van der Waals surface area contributed by atoms with Crippen molar-refractivity contribution in [1.29, 1.82) is 0 Å². The average Bonchev–Trinajstić information content (AvgIpc) is 2.64. The molecule has 0 atom stereocenters. The first-order chi connectivity index (χ1) is 7.98. The van der Waals surface area contributed by atoms with E-state index >= 15 is 0 Å². The molecule has 0 saturated heterocycles. The summed E-state index contributed by atoms with van der Waals surface area (Å²) in [5, 5.41) is 7.46. The largest absolute Gasteiger partial charge is 0.389 e. The van der Waals surface area contributed by atoms with E-state index < -0.39 is 12.6 Å². The molecule has 1 rings (SSSR count). The fraction of sp³-hybridized carbons (Fsp3) is 0.778. The summed E-state index contributed by atoms with van der Waals surface area (Å²) >= 11 is 5.63. The summed E-state index contributed by atoms with van der Waals surface area (Å²) in [7, 11) is 1.51. The number of aromatic nitrogens is 3. The molecule has 0 aliphatic carbocycles. The van der Waals surface area contributed by atoms with Crippen LogP contribution in [0.4, 0.5) is 13.2 Å². The highest BCUT2D eigenvalue weighted by molar-refractivity contribution is 6.16. The SMILES string of the molecule is COCCn1c(CCl)nnc1CCC(F)(F)F. The molecule has 1 heterocycles. The summed E-state index contributed by atoms with van der Waals surface area (Å²) in [5.74, 6) is 0.860. The normalized spacial score (nSPS) is 12.1. The number of nitrogens with zero attached hydrogens (tertiary/aromatic N) is 3. The highest BCUT2D eigenvalue weighted by Crippen LogP contribution is 2.21. The van der Waals surface area contributed by atoms with Gasteiger partial charge in [0, 0.05) is 20.1 Å². The Bertz CT molecular complexity index is 354. The van der Waals surface area contributed by atoms with Crippen LogP contribution in [0.3, 0.4) is 0 Å². The first kappa shape index (κ1) is 14.2. The maximum Gasteiger partial charge on any atom is 0.389 e. The van der Waals surface area contributed by atoms with E-state index in [0.29, 0.717) is 19.0 Å². The van der Waals surface area contributed by atoms with Crippen LogP contribution in [-0.2, 0) is 23.6 Å². The van der Waals surface area contributed by atoms with Crippen LogP contribution in [0.5, 0.6) is 0 Å². The minimum atomic E-state index is -4.20. The predicted octanol–water partition coefficient (Wildman–Crippen LogP) is 2.16. The molecule has 1 aromatic rings. The van der Waals surface area contributed by atoms with Gasteiger partial charge in [-0.05, 0) is 0 Å². The lowest BCUT2D eigenvalue weighted by atomic mass is 10.3. The monoisotopic (exact) mass is 271 g/mol. The summed E-state index contributed by atoms with van der Waals surface area (Å²) in [6, 6.07) is 0. The van der Waals surface area contributed by atoms with Crippen molar-refractivity contribution in [2.24, 2.45) is 0 Å². The molecule has 98 valence electrons. The minimum Gasteiger partial charge on any atom is -0.383 e. The molecule has 0 radical (unpaired) electrons. The zero-order valence-corrected chi connectivity index (χ0v) is 10.1. The van der Waals surface area contributed by atoms with Crippen LogP contribution in [0, 0.1) is 0 Å². The molecule has 17 heavy (non-hydrogen) atoms. The Labute approximate surface area is 102 Å². The zero-order valence-electron chi connectivity index (χ0n) is 9.30. The second-order valence-electron chi connectivity index (χ2n) is 3.43. The first-order valence-electron chi connectivity index (χ1n) is 5.00. The van der Waals surface area contributed by atoms with Crippen molar-refractivity contribution in [1.82, 2.24) is 14.8 Å². The molecule has 0 amide bonds. The summed E-state index contributed by atoms with van der Waals surface area (Å²) in [6.07, 6.45) is -5.31. The number of methoxy groups -OCH3 is 1. The van der Waals surface area contributed by atoms with Crippen molar-refractivity contribution in [2.45, 2.75) is 31.4 Å². The highest BCUT2D eigenvalue weighted by Gasteiger charge is 2.28. The van der Waals surface area contributed by atoms with Gasteiger partial charge in [-0.2, -0.15) is 13.2 Å². The fourth-order valence-electron chi connectivity index (χ4n) is 1.35. The second kappa shape index (κ2) is 6.20. The number of aryl methyl sites for hydroxylation is 1. The number of rotatable bonds is 6. The molecule has 0 aromatic carbocycles. The van der Waals surface area contributed by atoms with Gasteiger partial charge in [-0.25, -0.2) is 0 Å². The molecular formula is C9H13ClF3N3O. The second-order valence-corrected chi connectivity index (χ2v) is 3.69. The number of hydrogen-bond donors (Lipinski definition) is 0. The van der Waals surface area contributed by atoms with E-state index in [-0.39, 0.29) is 18.1 Å². The molecule has 0 aliphatic heterocycles. The van der Waals surface area contributed by atoms with E-state index in [9.17, 15) is 13.2 Å². The highest BCUT2D eigenvalue weighted by atomic mass is 35.5. The third-order valence-corrected chi connectivity index (χ3v) is 2.41. The van der Waals surface area contributed by atoms with Crippen LogP contribution in [0.15, 0.2) is 0 Å². The van der Waals surface area contributed by atoms with Crippen LogP contribution < -0.4 is 0 Å². The van der Waals surface area contributed by atoms with Crippen molar-refractivity contribution < 1.29 is 17.9 Å². The van der Waals surface area contributed by atoms with Gasteiger partial charge in [-0.3, -0.25) is 0 Å². The van der Waals surface area contributed by atoms with Crippen molar-refractivity contribution in [2.75, 3.05) is 13.7 Å². The van der Waals surface area contributed by atoms with Crippen molar-refractivity contribution >= 4 is 11.6 Å². The summed E-state index contributed by atoms with van der Waals surface area (Å²) in [5.41, 5.74) is 0. The first-order valence-corrected chi connectivity index (χ1v) is 5.54. The van der Waals surface area contributed by atoms with Gasteiger partial charge in [0.2, 0.25) is 0 Å². The van der Waals surface area contributed by atoms with Crippen LogP contribution in [-0.4, -0.2) is 34.7 Å². The summed E-state index contributed by atoms with van der Waals surface area (Å²) < 4.78 is 42.8. The number of ether oxygens (including phenoxy) is 1. The zero-order chi connectivity index (χ0) is 12.9. The molecule has 1 aromatic heterocycles. The van der Waals surface area contributed by atoms with E-state index in [4.69, 9.17) is 16.3 Å². The van der Waals surface area contributed by atoms with E-state index in [0.717, 1.165) is 0 Å². The number of halogens is 4. The van der Waals surface area contributed by atoms with Crippen LogP contribution in [0.1, 0.15) is 18.1 Å². The van der Waals surface area contributed by atoms with Gasteiger partial charge in [0.25, 0.3) is 0 Å². The Hall–Kier alpha value is -0.820. The van der Waals surface area contributed by atoms with Gasteiger partial charge >= 0.3 is 6.18 Å². The lowest BCUT2D eigenvalue weighted by Gasteiger charge is -2.09. The van der Waals surface area contributed by atoms with Gasteiger partial charge in [-0.15, -0.1) is 21.8 Å². The number of hydrogen-bond acceptors (Lipinski definition) is 3. The maximum absolute atomic E-state index is 12.1. The smallest absolute Gasteiger partial charge is 0.383 e. The summed E-state index contributed by atoms with van der Waals surface area (Å²) in [6.45, 7) is 0.777. The molecule has 0 N–H and O–H groups in total. The fourth-order valence-corrected chi connectivity index (χ4v) is 1.55. The standard InChI is InChI=1S/C9H13ClF3N3O/c1-17-5-4-16-7(2-3-9(11,12)13)14-15-8(16)6-10/h2-6H2,1H3. The molecular weight excluding hydrogens is 259 g/mol. The lowest BCUT2D eigenvalue weighted by Crippen LogP contribution is -2.14. The molecule has 0 bridgehead atoms. The molecule has 0 spiro atoms. The van der Waals surface area contributed by atoms with Gasteiger partial charge in [0.05, 0.1) is 18.9 Å². The Morgan fingerprint density at radius 2 is 1.94 bits per heavy atom. The lowest BCUT2D eigenvalue weighted by molar-refractivity contribution is -0.134. The summed E-state index contributed by atoms with van der Waals surface area (Å²) in [4.78, 5) is 0. The molecule has 0 unspecified atom stereocenters. The Morgan fingerprint density at radius 3 is 2.47 bits per heavy atom. The van der Waals surface area contributed by atoms with Crippen molar-refractivity contribution in [3.05, 3.63) is 11.6 Å². The minimum absolute atomic E-state index is 0.114. The van der Waals surface area contributed by atoms with Crippen molar-refractivity contribution in [3.63, 3.8) is 0 Å². The van der Waals surface area contributed by atoms with Crippen LogP contribution >= 0.6 is 11.6 Å². The molecule has 0 fully saturated rings. The van der Waals surface area contributed by atoms with Gasteiger partial charge < -0.3 is 9.30 Å². The van der Waals surface area contributed by atoms with Crippen LogP contribution in [0.25, 0.3) is 0 Å². The van der Waals surface area contributed by atoms with E-state index in [1.807, 2.05) is 0 Å². The van der Waals surface area contributed by atoms with Crippen molar-refractivity contribution in [3.8, 4) is 0 Å². The number of alkyl halides is 4. The Morgan fingerprint density at radius 1 is 1.29 bits per heavy atom. The third kappa shape index (κ3) is 4.51. The quantitative estimate of drug-likeness (QED) is 0.745. The third-order valence-electron chi connectivity index (χ3n) is 2.17. The van der Waals surface area contributed by atoms with Gasteiger partial charge in [0.15, 0.2) is 0 Å². The van der Waals surface area contributed by atoms with Crippen LogP contribution in [0.2, 0.25) is 0 Å².